The molecule has 1 saturated heterocycles. The van der Waals surface area contributed by atoms with E-state index in [0.717, 1.165) is 36.5 Å². The lowest BCUT2D eigenvalue weighted by Crippen LogP contribution is -2.45. The van der Waals surface area contributed by atoms with E-state index in [-0.39, 0.29) is 11.9 Å². The largest absolute Gasteiger partial charge is 0.493 e. The van der Waals surface area contributed by atoms with Crippen molar-refractivity contribution >= 4 is 0 Å². The molecule has 0 radical (unpaired) electrons. The zero-order valence-corrected chi connectivity index (χ0v) is 18.2. The van der Waals surface area contributed by atoms with Crippen LogP contribution in [0.4, 0.5) is 4.39 Å². The summed E-state index contributed by atoms with van der Waals surface area (Å²) in [5.41, 5.74) is 2.32. The predicted molar refractivity (Wildman–Crippen MR) is 112 cm³/mol. The summed E-state index contributed by atoms with van der Waals surface area (Å²) in [5, 5.41) is 0. The fourth-order valence-corrected chi connectivity index (χ4v) is 4.40. The van der Waals surface area contributed by atoms with Gasteiger partial charge in [-0.05, 0) is 40.5 Å². The molecule has 2 aromatic heterocycles. The van der Waals surface area contributed by atoms with Gasteiger partial charge in [0.1, 0.15) is 24.8 Å². The summed E-state index contributed by atoms with van der Waals surface area (Å²) in [6.45, 7) is 10.5. The van der Waals surface area contributed by atoms with E-state index in [2.05, 4.69) is 21.8 Å². The van der Waals surface area contributed by atoms with Gasteiger partial charge in [-0.2, -0.15) is 0 Å². The van der Waals surface area contributed by atoms with Crippen LogP contribution in [0.3, 0.4) is 0 Å². The van der Waals surface area contributed by atoms with E-state index in [1.807, 2.05) is 32.9 Å². The molecule has 2 aliphatic rings. The zero-order chi connectivity index (χ0) is 21.3. The van der Waals surface area contributed by atoms with E-state index in [1.54, 1.807) is 0 Å². The number of pyridine rings is 2. The Bertz CT molecular complexity index is 887. The van der Waals surface area contributed by atoms with E-state index < -0.39 is 0 Å². The first-order valence-corrected chi connectivity index (χ1v) is 10.7. The van der Waals surface area contributed by atoms with Gasteiger partial charge in [0.05, 0.1) is 18.3 Å². The summed E-state index contributed by atoms with van der Waals surface area (Å²) in [6.07, 6.45) is 2.13. The lowest BCUT2D eigenvalue weighted by Gasteiger charge is -2.41. The number of hydrogen-bond acceptors (Lipinski definition) is 6. The molecule has 7 heteroatoms. The van der Waals surface area contributed by atoms with Crippen molar-refractivity contribution in [3.8, 4) is 17.4 Å². The molecule has 0 saturated carbocycles. The van der Waals surface area contributed by atoms with Gasteiger partial charge >= 0.3 is 0 Å². The van der Waals surface area contributed by atoms with Crippen LogP contribution in [0.2, 0.25) is 0 Å². The summed E-state index contributed by atoms with van der Waals surface area (Å²) in [4.78, 5) is 11.2. The van der Waals surface area contributed by atoms with Gasteiger partial charge in [-0.15, -0.1) is 0 Å². The molecule has 1 fully saturated rings. The molecule has 2 aliphatic heterocycles. The molecule has 0 N–H and O–H groups in total. The van der Waals surface area contributed by atoms with Crippen LogP contribution in [0.5, 0.6) is 17.4 Å². The molecule has 2 aromatic rings. The number of halogens is 1. The van der Waals surface area contributed by atoms with Crippen molar-refractivity contribution < 1.29 is 18.6 Å². The first-order valence-electron chi connectivity index (χ1n) is 10.7. The lowest BCUT2D eigenvalue weighted by atomic mass is 9.92. The van der Waals surface area contributed by atoms with Gasteiger partial charge in [-0.25, -0.2) is 9.37 Å². The van der Waals surface area contributed by atoms with Crippen molar-refractivity contribution in [1.82, 2.24) is 14.9 Å². The SMILES string of the molecule is Cc1cc(OCC2CC[C@@H](C)N(C(C)c3nc4c(cc3F)OCCO4)C2)cc(C)n1. The van der Waals surface area contributed by atoms with Crippen LogP contribution in [-0.2, 0) is 0 Å². The monoisotopic (exact) mass is 415 g/mol. The predicted octanol–water partition coefficient (Wildman–Crippen LogP) is 4.24. The quantitative estimate of drug-likeness (QED) is 0.728. The highest BCUT2D eigenvalue weighted by Gasteiger charge is 2.32. The third kappa shape index (κ3) is 4.51. The summed E-state index contributed by atoms with van der Waals surface area (Å²) in [7, 11) is 0. The Kier molecular flexibility index (Phi) is 6.09. The van der Waals surface area contributed by atoms with Crippen molar-refractivity contribution in [3.05, 3.63) is 41.1 Å². The molecule has 3 atom stereocenters. The maximum absolute atomic E-state index is 14.8. The standard InChI is InChI=1S/C23H30FN3O3/c1-14-9-19(10-15(2)25-14)30-13-18-6-5-16(3)27(12-18)17(4)22-20(24)11-21-23(26-22)29-8-7-28-21/h9-11,16-18H,5-8,12-13H2,1-4H3/t16-,17?,18?/m1/s1. The number of ether oxygens (including phenoxy) is 3. The van der Waals surface area contributed by atoms with Gasteiger partial charge in [0, 0.05) is 48.1 Å². The highest BCUT2D eigenvalue weighted by molar-refractivity contribution is 5.37. The topological polar surface area (TPSA) is 56.7 Å². The molecule has 0 aliphatic carbocycles. The summed E-state index contributed by atoms with van der Waals surface area (Å²) in [5.74, 6) is 1.66. The molecule has 4 rings (SSSR count). The maximum Gasteiger partial charge on any atom is 0.257 e. The van der Waals surface area contributed by atoms with Crippen molar-refractivity contribution in [1.29, 1.82) is 0 Å². The number of likely N-dealkylation sites (tertiary alicyclic amines) is 1. The molecule has 162 valence electrons. The molecule has 0 amide bonds. The molecular weight excluding hydrogens is 385 g/mol. The van der Waals surface area contributed by atoms with Crippen molar-refractivity contribution in [3.63, 3.8) is 0 Å². The van der Waals surface area contributed by atoms with Crippen molar-refractivity contribution in [2.75, 3.05) is 26.4 Å². The minimum atomic E-state index is -0.347. The minimum Gasteiger partial charge on any atom is -0.493 e. The van der Waals surface area contributed by atoms with Crippen molar-refractivity contribution in [2.45, 2.75) is 52.6 Å². The third-order valence-corrected chi connectivity index (χ3v) is 5.98. The number of hydrogen-bond donors (Lipinski definition) is 0. The van der Waals surface area contributed by atoms with Crippen LogP contribution in [-0.4, -0.2) is 47.3 Å². The number of aromatic nitrogens is 2. The Morgan fingerprint density at radius 3 is 2.63 bits per heavy atom. The molecule has 2 unspecified atom stereocenters. The average molecular weight is 416 g/mol. The first kappa shape index (κ1) is 20.8. The van der Waals surface area contributed by atoms with Crippen LogP contribution in [0.1, 0.15) is 49.8 Å². The highest BCUT2D eigenvalue weighted by atomic mass is 19.1. The van der Waals surface area contributed by atoms with E-state index in [9.17, 15) is 4.39 Å². The van der Waals surface area contributed by atoms with Crippen LogP contribution in [0.15, 0.2) is 18.2 Å². The van der Waals surface area contributed by atoms with E-state index in [4.69, 9.17) is 14.2 Å². The minimum absolute atomic E-state index is 0.163. The lowest BCUT2D eigenvalue weighted by molar-refractivity contribution is 0.0551. The van der Waals surface area contributed by atoms with Crippen molar-refractivity contribution in [2.24, 2.45) is 5.92 Å². The van der Waals surface area contributed by atoms with Gasteiger partial charge in [-0.3, -0.25) is 9.88 Å². The Balaban J connectivity index is 1.45. The maximum atomic E-state index is 14.8. The van der Waals surface area contributed by atoms with Gasteiger partial charge < -0.3 is 14.2 Å². The Morgan fingerprint density at radius 1 is 1.13 bits per heavy atom. The van der Waals surface area contributed by atoms with Gasteiger partial charge in [0.2, 0.25) is 0 Å². The molecule has 30 heavy (non-hydrogen) atoms. The third-order valence-electron chi connectivity index (χ3n) is 5.98. The fourth-order valence-electron chi connectivity index (χ4n) is 4.40. The second-order valence-corrected chi connectivity index (χ2v) is 8.42. The smallest absolute Gasteiger partial charge is 0.257 e. The molecule has 6 nitrogen and oxygen atoms in total. The highest BCUT2D eigenvalue weighted by Crippen LogP contribution is 2.36. The van der Waals surface area contributed by atoms with E-state index >= 15 is 0 Å². The van der Waals surface area contributed by atoms with Crippen LogP contribution in [0, 0.1) is 25.6 Å². The number of piperidine rings is 1. The summed E-state index contributed by atoms with van der Waals surface area (Å²) in [6, 6.07) is 5.51. The molecule has 4 heterocycles. The van der Waals surface area contributed by atoms with Gasteiger partial charge in [0.25, 0.3) is 5.88 Å². The molecule has 0 aromatic carbocycles. The normalized spacial score (nSPS) is 22.6. The second kappa shape index (κ2) is 8.76. The average Bonchev–Trinajstić information content (AvgIpc) is 2.71. The Hall–Kier alpha value is -2.41. The molecule has 0 spiro atoms. The second-order valence-electron chi connectivity index (χ2n) is 8.42. The van der Waals surface area contributed by atoms with Crippen LogP contribution >= 0.6 is 0 Å². The zero-order valence-electron chi connectivity index (χ0n) is 18.2. The summed E-state index contributed by atoms with van der Waals surface area (Å²) < 4.78 is 31.9. The number of rotatable bonds is 5. The first-order chi connectivity index (χ1) is 14.4. The van der Waals surface area contributed by atoms with E-state index in [1.165, 1.54) is 6.07 Å². The molecule has 0 bridgehead atoms. The van der Waals surface area contributed by atoms with E-state index in [0.29, 0.717) is 49.1 Å². The number of aryl methyl sites for hydroxylation is 2. The number of nitrogens with zero attached hydrogens (tertiary/aromatic N) is 3. The fraction of sp³-hybridized carbons (Fsp3) is 0.565. The Labute approximate surface area is 177 Å². The van der Waals surface area contributed by atoms with Crippen LogP contribution in [0.25, 0.3) is 0 Å². The van der Waals surface area contributed by atoms with Gasteiger partial charge in [0.15, 0.2) is 5.75 Å². The Morgan fingerprint density at radius 2 is 1.87 bits per heavy atom. The number of fused-ring (bicyclic) bond motifs is 1. The summed E-state index contributed by atoms with van der Waals surface area (Å²) >= 11 is 0. The van der Waals surface area contributed by atoms with Gasteiger partial charge in [-0.1, -0.05) is 0 Å². The van der Waals surface area contributed by atoms with Crippen LogP contribution < -0.4 is 14.2 Å². The molecular formula is C23H30FN3O3.